The van der Waals surface area contributed by atoms with Crippen LogP contribution >= 0.6 is 0 Å². The van der Waals surface area contributed by atoms with Crippen molar-refractivity contribution in [2.45, 2.75) is 45.1 Å². The lowest BCUT2D eigenvalue weighted by atomic mass is 10.2. The van der Waals surface area contributed by atoms with Gasteiger partial charge in [-0.05, 0) is 19.3 Å². The van der Waals surface area contributed by atoms with Gasteiger partial charge < -0.3 is 15.3 Å². The van der Waals surface area contributed by atoms with E-state index in [1.807, 2.05) is 6.92 Å². The summed E-state index contributed by atoms with van der Waals surface area (Å²) in [5.41, 5.74) is 0. The molecular weight excluding hydrogens is 208 g/mol. The van der Waals surface area contributed by atoms with Crippen LogP contribution in [0.15, 0.2) is 0 Å². The van der Waals surface area contributed by atoms with Crippen LogP contribution in [-0.2, 0) is 4.79 Å². The lowest BCUT2D eigenvalue weighted by molar-refractivity contribution is -0.138. The first-order valence-corrected chi connectivity index (χ1v) is 5.91. The molecular formula is C11H20N2O3. The third kappa shape index (κ3) is 3.72. The fraction of sp³-hybridized carbons (Fsp3) is 0.818. The Bertz CT molecular complexity index is 250. The molecule has 0 radical (unpaired) electrons. The number of hydrogen-bond acceptors (Lipinski definition) is 2. The minimum Gasteiger partial charge on any atom is -0.480 e. The normalized spacial score (nSPS) is 16.1. The predicted octanol–water partition coefficient (Wildman–Crippen LogP) is 1.44. The smallest absolute Gasteiger partial charge is 0.323 e. The van der Waals surface area contributed by atoms with Gasteiger partial charge in [-0.3, -0.25) is 4.79 Å². The minimum atomic E-state index is -0.946. The van der Waals surface area contributed by atoms with Gasteiger partial charge in [-0.1, -0.05) is 19.8 Å². The highest BCUT2D eigenvalue weighted by Gasteiger charge is 2.27. The first kappa shape index (κ1) is 12.8. The zero-order valence-electron chi connectivity index (χ0n) is 9.74. The van der Waals surface area contributed by atoms with Crippen molar-refractivity contribution in [3.63, 3.8) is 0 Å². The highest BCUT2D eigenvalue weighted by atomic mass is 16.4. The van der Waals surface area contributed by atoms with E-state index in [0.717, 1.165) is 32.1 Å². The fourth-order valence-electron chi connectivity index (χ4n) is 2.06. The third-order valence-corrected chi connectivity index (χ3v) is 2.86. The molecule has 0 saturated heterocycles. The number of aliphatic carboxylic acids is 1. The van der Waals surface area contributed by atoms with Crippen LogP contribution in [0.2, 0.25) is 0 Å². The van der Waals surface area contributed by atoms with E-state index in [1.54, 1.807) is 0 Å². The van der Waals surface area contributed by atoms with Crippen LogP contribution in [0.4, 0.5) is 4.79 Å². The second-order valence-corrected chi connectivity index (χ2v) is 4.19. The van der Waals surface area contributed by atoms with Gasteiger partial charge in [0.25, 0.3) is 0 Å². The quantitative estimate of drug-likeness (QED) is 0.748. The molecule has 0 aromatic rings. The van der Waals surface area contributed by atoms with E-state index in [9.17, 15) is 9.59 Å². The zero-order chi connectivity index (χ0) is 12.0. The Morgan fingerprint density at radius 1 is 1.38 bits per heavy atom. The van der Waals surface area contributed by atoms with Crippen LogP contribution in [0.1, 0.15) is 39.0 Å². The summed E-state index contributed by atoms with van der Waals surface area (Å²) in [5.74, 6) is -0.946. The largest absolute Gasteiger partial charge is 0.480 e. The van der Waals surface area contributed by atoms with Crippen LogP contribution in [0, 0.1) is 0 Å². The molecule has 0 bridgehead atoms. The van der Waals surface area contributed by atoms with Crippen molar-refractivity contribution >= 4 is 12.0 Å². The Kier molecular flexibility index (Phi) is 5.08. The Labute approximate surface area is 95.8 Å². The van der Waals surface area contributed by atoms with E-state index in [-0.39, 0.29) is 18.6 Å². The highest BCUT2D eigenvalue weighted by Crippen LogP contribution is 2.23. The average molecular weight is 228 g/mol. The molecule has 16 heavy (non-hydrogen) atoms. The van der Waals surface area contributed by atoms with Gasteiger partial charge >= 0.3 is 12.0 Å². The van der Waals surface area contributed by atoms with Crippen molar-refractivity contribution in [1.29, 1.82) is 0 Å². The molecule has 0 aliphatic heterocycles. The van der Waals surface area contributed by atoms with Gasteiger partial charge in [-0.2, -0.15) is 0 Å². The van der Waals surface area contributed by atoms with Gasteiger partial charge in [-0.25, -0.2) is 4.79 Å². The van der Waals surface area contributed by atoms with E-state index in [0.29, 0.717) is 6.54 Å². The minimum absolute atomic E-state index is 0.105. The Hall–Kier alpha value is -1.26. The van der Waals surface area contributed by atoms with Crippen molar-refractivity contribution in [3.05, 3.63) is 0 Å². The summed E-state index contributed by atoms with van der Waals surface area (Å²) in [6, 6.07) is -0.135. The number of carboxylic acids is 1. The third-order valence-electron chi connectivity index (χ3n) is 2.86. The standard InChI is InChI=1S/C11H20N2O3/c1-2-7-12-11(16)13(8-10(14)15)9-5-3-4-6-9/h9H,2-8H2,1H3,(H,12,16)(H,14,15). The summed E-state index contributed by atoms with van der Waals surface area (Å²) in [7, 11) is 0. The van der Waals surface area contributed by atoms with E-state index in [4.69, 9.17) is 5.11 Å². The first-order chi connectivity index (χ1) is 7.65. The fourth-order valence-corrected chi connectivity index (χ4v) is 2.06. The molecule has 1 aliphatic rings. The van der Waals surface area contributed by atoms with Crippen LogP contribution in [-0.4, -0.2) is 41.1 Å². The predicted molar refractivity (Wildman–Crippen MR) is 60.3 cm³/mol. The average Bonchev–Trinajstić information content (AvgIpc) is 2.75. The topological polar surface area (TPSA) is 69.6 Å². The summed E-state index contributed by atoms with van der Waals surface area (Å²) in [4.78, 5) is 24.0. The summed E-state index contributed by atoms with van der Waals surface area (Å²) >= 11 is 0. The van der Waals surface area contributed by atoms with E-state index >= 15 is 0 Å². The summed E-state index contributed by atoms with van der Waals surface area (Å²) < 4.78 is 0. The molecule has 0 aromatic carbocycles. The number of nitrogens with zero attached hydrogens (tertiary/aromatic N) is 1. The summed E-state index contributed by atoms with van der Waals surface area (Å²) in [6.45, 7) is 2.37. The lowest BCUT2D eigenvalue weighted by Crippen LogP contribution is -2.47. The van der Waals surface area contributed by atoms with Crippen LogP contribution in [0.5, 0.6) is 0 Å². The number of carboxylic acid groups (broad SMARTS) is 1. The van der Waals surface area contributed by atoms with Crippen LogP contribution < -0.4 is 5.32 Å². The number of amides is 2. The lowest BCUT2D eigenvalue weighted by Gasteiger charge is -2.27. The maximum atomic E-state index is 11.8. The molecule has 0 unspecified atom stereocenters. The second-order valence-electron chi connectivity index (χ2n) is 4.19. The molecule has 1 aliphatic carbocycles. The highest BCUT2D eigenvalue weighted by molar-refractivity contribution is 5.80. The SMILES string of the molecule is CCCNC(=O)N(CC(=O)O)C1CCCC1. The number of hydrogen-bond donors (Lipinski definition) is 2. The van der Waals surface area contributed by atoms with E-state index in [1.165, 1.54) is 4.90 Å². The Morgan fingerprint density at radius 2 is 2.00 bits per heavy atom. The molecule has 0 aromatic heterocycles. The van der Waals surface area contributed by atoms with Crippen molar-refractivity contribution in [1.82, 2.24) is 10.2 Å². The number of rotatable bonds is 5. The zero-order valence-corrected chi connectivity index (χ0v) is 9.74. The number of carbonyl (C=O) groups is 2. The molecule has 0 spiro atoms. The molecule has 1 saturated carbocycles. The molecule has 5 nitrogen and oxygen atoms in total. The van der Waals surface area contributed by atoms with Gasteiger partial charge in [0.15, 0.2) is 0 Å². The van der Waals surface area contributed by atoms with Crippen molar-refractivity contribution in [3.8, 4) is 0 Å². The maximum absolute atomic E-state index is 11.8. The number of carbonyl (C=O) groups excluding carboxylic acids is 1. The van der Waals surface area contributed by atoms with Crippen molar-refractivity contribution in [2.75, 3.05) is 13.1 Å². The van der Waals surface area contributed by atoms with E-state index in [2.05, 4.69) is 5.32 Å². The van der Waals surface area contributed by atoms with Crippen LogP contribution in [0.3, 0.4) is 0 Å². The molecule has 2 N–H and O–H groups in total. The molecule has 1 rings (SSSR count). The van der Waals surface area contributed by atoms with Gasteiger partial charge in [-0.15, -0.1) is 0 Å². The Balaban J connectivity index is 2.54. The van der Waals surface area contributed by atoms with Crippen molar-refractivity contribution in [2.24, 2.45) is 0 Å². The molecule has 0 atom stereocenters. The number of nitrogens with one attached hydrogen (secondary N) is 1. The number of urea groups is 1. The Morgan fingerprint density at radius 3 is 2.50 bits per heavy atom. The monoisotopic (exact) mass is 228 g/mol. The van der Waals surface area contributed by atoms with Gasteiger partial charge in [0.1, 0.15) is 6.54 Å². The maximum Gasteiger partial charge on any atom is 0.323 e. The second kappa shape index (κ2) is 6.35. The van der Waals surface area contributed by atoms with E-state index < -0.39 is 5.97 Å². The molecule has 0 heterocycles. The van der Waals surface area contributed by atoms with Crippen molar-refractivity contribution < 1.29 is 14.7 Å². The molecule has 1 fully saturated rings. The molecule has 5 heteroatoms. The summed E-state index contributed by atoms with van der Waals surface area (Å²) in [6.07, 6.45) is 4.88. The first-order valence-electron chi connectivity index (χ1n) is 5.91. The molecule has 2 amide bonds. The van der Waals surface area contributed by atoms with Gasteiger partial charge in [0.05, 0.1) is 0 Å². The van der Waals surface area contributed by atoms with Gasteiger partial charge in [0.2, 0.25) is 0 Å². The molecule has 92 valence electrons. The van der Waals surface area contributed by atoms with Gasteiger partial charge in [0, 0.05) is 12.6 Å². The summed E-state index contributed by atoms with van der Waals surface area (Å²) in [5, 5.41) is 11.5. The van der Waals surface area contributed by atoms with Crippen LogP contribution in [0.25, 0.3) is 0 Å².